The predicted molar refractivity (Wildman–Crippen MR) is 106 cm³/mol. The van der Waals surface area contributed by atoms with Crippen LogP contribution in [-0.4, -0.2) is 22.1 Å². The number of carbonyl (C=O) groups excluding carboxylic acids is 2. The molecule has 1 amide bonds. The molecule has 138 valence electrons. The number of aromatic nitrogens is 2. The number of aryl methyl sites for hydroxylation is 1. The zero-order valence-corrected chi connectivity index (χ0v) is 16.4. The van der Waals surface area contributed by atoms with E-state index in [1.165, 1.54) is 29.4 Å². The number of rotatable bonds is 6. The van der Waals surface area contributed by atoms with E-state index < -0.39 is 11.9 Å². The van der Waals surface area contributed by atoms with Gasteiger partial charge in [-0.15, -0.1) is 10.2 Å². The number of nitrogens with zero attached hydrogens (tertiary/aromatic N) is 2. The minimum atomic E-state index is -0.485. The fourth-order valence-corrected chi connectivity index (χ4v) is 4.12. The summed E-state index contributed by atoms with van der Waals surface area (Å²) in [4.78, 5) is 23.7. The summed E-state index contributed by atoms with van der Waals surface area (Å²) in [6, 6.07) is 14.7. The standard InChI is InChI=1S/C19H17N3O3S2/c1-12-7-3-4-8-14(12)11-26-19-22-21-18(27-19)20-17(24)15-9-5-6-10-16(15)25-13(2)23/h3-10H,11H2,1-2H3,(H,20,21,24). The van der Waals surface area contributed by atoms with Crippen molar-refractivity contribution in [1.29, 1.82) is 0 Å². The summed E-state index contributed by atoms with van der Waals surface area (Å²) in [6.45, 7) is 3.36. The topological polar surface area (TPSA) is 81.2 Å². The van der Waals surface area contributed by atoms with Crippen LogP contribution in [-0.2, 0) is 10.5 Å². The van der Waals surface area contributed by atoms with Crippen LogP contribution < -0.4 is 10.1 Å². The summed E-state index contributed by atoms with van der Waals surface area (Å²) in [5.74, 6) is 0.102. The molecule has 0 spiro atoms. The van der Waals surface area contributed by atoms with Crippen molar-refractivity contribution in [2.75, 3.05) is 5.32 Å². The minimum absolute atomic E-state index is 0.209. The number of carbonyl (C=O) groups is 2. The van der Waals surface area contributed by atoms with Gasteiger partial charge >= 0.3 is 5.97 Å². The number of amides is 1. The highest BCUT2D eigenvalue weighted by molar-refractivity contribution is 8.00. The molecule has 2 aromatic carbocycles. The Balaban J connectivity index is 1.65. The first-order valence-corrected chi connectivity index (χ1v) is 9.93. The number of nitrogens with one attached hydrogen (secondary N) is 1. The number of benzene rings is 2. The van der Waals surface area contributed by atoms with Crippen molar-refractivity contribution in [3.05, 3.63) is 65.2 Å². The van der Waals surface area contributed by atoms with Gasteiger partial charge in [0.15, 0.2) is 4.34 Å². The second-order valence-electron chi connectivity index (χ2n) is 5.63. The molecule has 0 aliphatic carbocycles. The van der Waals surface area contributed by atoms with Gasteiger partial charge in [-0.05, 0) is 30.2 Å². The van der Waals surface area contributed by atoms with Crippen LogP contribution in [0.3, 0.4) is 0 Å². The van der Waals surface area contributed by atoms with Crippen molar-refractivity contribution in [2.45, 2.75) is 23.9 Å². The first-order valence-electron chi connectivity index (χ1n) is 8.12. The molecule has 0 fully saturated rings. The van der Waals surface area contributed by atoms with E-state index in [0.29, 0.717) is 5.13 Å². The predicted octanol–water partition coefficient (Wildman–Crippen LogP) is 4.32. The zero-order chi connectivity index (χ0) is 19.2. The summed E-state index contributed by atoms with van der Waals surface area (Å²) in [5.41, 5.74) is 2.72. The van der Waals surface area contributed by atoms with Gasteiger partial charge in [0.1, 0.15) is 5.75 Å². The fraction of sp³-hybridized carbons (Fsp3) is 0.158. The van der Waals surface area contributed by atoms with Crippen LogP contribution >= 0.6 is 23.1 Å². The Morgan fingerprint density at radius 3 is 2.63 bits per heavy atom. The summed E-state index contributed by atoms with van der Waals surface area (Å²) in [6.07, 6.45) is 0. The number of para-hydroxylation sites is 1. The van der Waals surface area contributed by atoms with Crippen LogP contribution in [0.5, 0.6) is 5.75 Å². The molecule has 0 unspecified atom stereocenters. The second kappa shape index (κ2) is 8.79. The third kappa shape index (κ3) is 5.15. The van der Waals surface area contributed by atoms with Gasteiger partial charge in [-0.1, -0.05) is 59.5 Å². The van der Waals surface area contributed by atoms with Gasteiger partial charge in [0.25, 0.3) is 5.91 Å². The van der Waals surface area contributed by atoms with Crippen LogP contribution in [0, 0.1) is 6.92 Å². The maximum Gasteiger partial charge on any atom is 0.308 e. The molecule has 0 atom stereocenters. The Bertz CT molecular complexity index is 972. The van der Waals surface area contributed by atoms with Crippen LogP contribution in [0.1, 0.15) is 28.4 Å². The Labute approximate surface area is 165 Å². The van der Waals surface area contributed by atoms with Gasteiger partial charge in [-0.3, -0.25) is 14.9 Å². The largest absolute Gasteiger partial charge is 0.426 e. The van der Waals surface area contributed by atoms with E-state index in [4.69, 9.17) is 4.74 Å². The zero-order valence-electron chi connectivity index (χ0n) is 14.8. The molecule has 1 aromatic heterocycles. The van der Waals surface area contributed by atoms with Gasteiger partial charge in [-0.25, -0.2) is 0 Å². The molecule has 1 heterocycles. The summed E-state index contributed by atoms with van der Waals surface area (Å²) < 4.78 is 5.84. The molecule has 8 heteroatoms. The normalized spacial score (nSPS) is 10.4. The van der Waals surface area contributed by atoms with Crippen molar-refractivity contribution in [2.24, 2.45) is 0 Å². The average Bonchev–Trinajstić information content (AvgIpc) is 3.08. The van der Waals surface area contributed by atoms with E-state index in [0.717, 1.165) is 10.1 Å². The van der Waals surface area contributed by atoms with Crippen molar-refractivity contribution in [3.63, 3.8) is 0 Å². The molecule has 0 aliphatic rings. The smallest absolute Gasteiger partial charge is 0.308 e. The average molecular weight is 399 g/mol. The molecule has 0 saturated carbocycles. The monoisotopic (exact) mass is 399 g/mol. The Kier molecular flexibility index (Phi) is 6.20. The van der Waals surface area contributed by atoms with Gasteiger partial charge in [0.2, 0.25) is 5.13 Å². The summed E-state index contributed by atoms with van der Waals surface area (Å²) >= 11 is 2.87. The number of ether oxygens (including phenoxy) is 1. The molecule has 0 saturated heterocycles. The number of thioether (sulfide) groups is 1. The molecule has 27 heavy (non-hydrogen) atoms. The van der Waals surface area contributed by atoms with Crippen LogP contribution in [0.25, 0.3) is 0 Å². The second-order valence-corrected chi connectivity index (χ2v) is 7.83. The molecule has 1 N–H and O–H groups in total. The minimum Gasteiger partial charge on any atom is -0.426 e. The third-order valence-electron chi connectivity index (χ3n) is 3.62. The van der Waals surface area contributed by atoms with Crippen molar-refractivity contribution >= 4 is 40.1 Å². The SMILES string of the molecule is CC(=O)Oc1ccccc1C(=O)Nc1nnc(SCc2ccccc2C)s1. The van der Waals surface area contributed by atoms with Crippen molar-refractivity contribution in [1.82, 2.24) is 10.2 Å². The highest BCUT2D eigenvalue weighted by Crippen LogP contribution is 2.29. The van der Waals surface area contributed by atoms with Gasteiger partial charge in [0.05, 0.1) is 5.56 Å². The number of hydrogen-bond acceptors (Lipinski definition) is 7. The summed E-state index contributed by atoms with van der Waals surface area (Å²) in [7, 11) is 0. The maximum atomic E-state index is 12.5. The van der Waals surface area contributed by atoms with E-state index in [2.05, 4.69) is 34.6 Å². The van der Waals surface area contributed by atoms with E-state index in [9.17, 15) is 9.59 Å². The molecule has 0 bridgehead atoms. The number of hydrogen-bond donors (Lipinski definition) is 1. The molecular formula is C19H17N3O3S2. The van der Waals surface area contributed by atoms with Crippen LogP contribution in [0.15, 0.2) is 52.9 Å². The third-order valence-corrected chi connectivity index (χ3v) is 5.65. The Hall–Kier alpha value is -2.71. The highest BCUT2D eigenvalue weighted by Gasteiger charge is 2.16. The van der Waals surface area contributed by atoms with Crippen LogP contribution in [0.2, 0.25) is 0 Å². The van der Waals surface area contributed by atoms with Crippen LogP contribution in [0.4, 0.5) is 5.13 Å². The van der Waals surface area contributed by atoms with E-state index in [1.807, 2.05) is 12.1 Å². The quantitative estimate of drug-likeness (QED) is 0.288. The lowest BCUT2D eigenvalue weighted by molar-refractivity contribution is -0.131. The molecule has 0 aliphatic heterocycles. The van der Waals surface area contributed by atoms with Crippen molar-refractivity contribution in [3.8, 4) is 5.75 Å². The van der Waals surface area contributed by atoms with E-state index >= 15 is 0 Å². The molecule has 3 aromatic rings. The number of esters is 1. The molecule has 6 nitrogen and oxygen atoms in total. The first kappa shape index (κ1) is 19.1. The molecular weight excluding hydrogens is 382 g/mol. The van der Waals surface area contributed by atoms with Crippen molar-refractivity contribution < 1.29 is 14.3 Å². The maximum absolute atomic E-state index is 12.5. The molecule has 3 rings (SSSR count). The molecule has 0 radical (unpaired) electrons. The lowest BCUT2D eigenvalue weighted by Gasteiger charge is -2.07. The van der Waals surface area contributed by atoms with Gasteiger partial charge < -0.3 is 4.74 Å². The van der Waals surface area contributed by atoms with E-state index in [-0.39, 0.29) is 11.3 Å². The summed E-state index contributed by atoms with van der Waals surface area (Å²) in [5, 5.41) is 11.2. The van der Waals surface area contributed by atoms with E-state index in [1.54, 1.807) is 36.0 Å². The van der Waals surface area contributed by atoms with Gasteiger partial charge in [0, 0.05) is 12.7 Å². The first-order chi connectivity index (χ1) is 13.0. The number of anilines is 1. The fourth-order valence-electron chi connectivity index (χ4n) is 2.29. The Morgan fingerprint density at radius 2 is 1.85 bits per heavy atom. The highest BCUT2D eigenvalue weighted by atomic mass is 32.2. The Morgan fingerprint density at radius 1 is 1.11 bits per heavy atom. The lowest BCUT2D eigenvalue weighted by Crippen LogP contribution is -2.14. The van der Waals surface area contributed by atoms with Gasteiger partial charge in [-0.2, -0.15) is 0 Å². The lowest BCUT2D eigenvalue weighted by atomic mass is 10.1.